The molecule has 0 unspecified atom stereocenters. The van der Waals surface area contributed by atoms with Crippen molar-refractivity contribution in [2.24, 2.45) is 11.8 Å². The molecule has 0 aliphatic carbocycles. The van der Waals surface area contributed by atoms with Gasteiger partial charge in [-0.05, 0) is 79.3 Å². The summed E-state index contributed by atoms with van der Waals surface area (Å²) in [5.41, 5.74) is 2.32. The van der Waals surface area contributed by atoms with E-state index in [-0.39, 0.29) is 49.4 Å². The molecule has 2 aliphatic heterocycles. The van der Waals surface area contributed by atoms with Gasteiger partial charge in [0.2, 0.25) is 20.0 Å². The van der Waals surface area contributed by atoms with Crippen molar-refractivity contribution in [1.29, 1.82) is 0 Å². The second-order valence-corrected chi connectivity index (χ2v) is 16.4. The number of hydrogen-bond donors (Lipinski definition) is 2. The van der Waals surface area contributed by atoms with Gasteiger partial charge < -0.3 is 9.80 Å². The van der Waals surface area contributed by atoms with Crippen molar-refractivity contribution in [3.63, 3.8) is 0 Å². The number of nitrogens with one attached hydrogen (secondary N) is 2. The first-order chi connectivity index (χ1) is 23.4. The van der Waals surface area contributed by atoms with Crippen molar-refractivity contribution < 1.29 is 30.8 Å². The molecule has 2 saturated heterocycles. The van der Waals surface area contributed by atoms with E-state index in [0.29, 0.717) is 43.6 Å². The third-order valence-electron chi connectivity index (χ3n) is 9.17. The summed E-state index contributed by atoms with van der Waals surface area (Å²) in [4.78, 5) is 29.4. The van der Waals surface area contributed by atoms with E-state index >= 15 is 0 Å². The second kappa shape index (κ2) is 18.0. The first-order valence-electron chi connectivity index (χ1n) is 17.1. The largest absolute Gasteiger partial charge is 0.338 e. The normalized spacial score (nSPS) is 18.4. The van der Waals surface area contributed by atoms with Crippen LogP contribution in [0.3, 0.4) is 0 Å². The maximum atomic E-state index is 14.6. The number of amides is 2. The number of likely N-dealkylation sites (tertiary alicyclic amines) is 2. The van der Waals surface area contributed by atoms with Crippen LogP contribution in [0, 0.1) is 17.7 Å². The maximum Gasteiger partial charge on any atom is 0.256 e. The zero-order valence-corrected chi connectivity index (χ0v) is 29.9. The first-order valence-corrected chi connectivity index (χ1v) is 20.2. The summed E-state index contributed by atoms with van der Waals surface area (Å²) >= 11 is 0. The zero-order chi connectivity index (χ0) is 35.4. The van der Waals surface area contributed by atoms with Crippen LogP contribution in [-0.4, -0.2) is 77.7 Å². The minimum atomic E-state index is -3.76. The lowest BCUT2D eigenvalue weighted by molar-refractivity contribution is 0.0777. The summed E-state index contributed by atoms with van der Waals surface area (Å²) in [6.45, 7) is 7.50. The molecule has 0 aromatic heterocycles. The summed E-state index contributed by atoms with van der Waals surface area (Å²) in [5.74, 6) is -1.34. The van der Waals surface area contributed by atoms with E-state index in [1.807, 2.05) is 24.3 Å². The molecule has 2 aliphatic rings. The number of halogens is 1. The number of carbonyl (C=O) groups is 2. The van der Waals surface area contributed by atoms with E-state index in [9.17, 15) is 30.8 Å². The van der Waals surface area contributed by atoms with Gasteiger partial charge in [-0.15, -0.1) is 0 Å². The van der Waals surface area contributed by atoms with E-state index in [0.717, 1.165) is 23.7 Å². The molecule has 268 valence electrons. The molecule has 0 saturated carbocycles. The van der Waals surface area contributed by atoms with Crippen molar-refractivity contribution in [3.8, 4) is 0 Å². The fraction of sp³-hybridized carbons (Fsp3) is 0.500. The topological polar surface area (TPSA) is 133 Å². The van der Waals surface area contributed by atoms with Gasteiger partial charge in [-0.25, -0.2) is 30.7 Å². The van der Waals surface area contributed by atoms with Crippen LogP contribution in [0.25, 0.3) is 0 Å². The Bertz CT molecular complexity index is 1700. The van der Waals surface area contributed by atoms with E-state index in [1.54, 1.807) is 4.90 Å². The Kier molecular flexibility index (Phi) is 14.1. The van der Waals surface area contributed by atoms with Crippen LogP contribution in [0.2, 0.25) is 0 Å². The van der Waals surface area contributed by atoms with Gasteiger partial charge in [-0.2, -0.15) is 0 Å². The van der Waals surface area contributed by atoms with Crippen molar-refractivity contribution in [3.05, 3.63) is 94.0 Å². The highest BCUT2D eigenvalue weighted by molar-refractivity contribution is 7.92. The molecule has 2 aromatic carbocycles. The van der Waals surface area contributed by atoms with Gasteiger partial charge in [0, 0.05) is 55.6 Å². The Morgan fingerprint density at radius 2 is 1.43 bits per heavy atom. The third-order valence-corrected chi connectivity index (χ3v) is 11.3. The molecule has 2 aromatic rings. The molecule has 2 N–H and O–H groups in total. The van der Waals surface area contributed by atoms with Crippen LogP contribution in [0.15, 0.2) is 65.9 Å². The molecular weight excluding hydrogens is 668 g/mol. The summed E-state index contributed by atoms with van der Waals surface area (Å²) in [6.07, 6.45) is 10.0. The molecule has 0 radical (unpaired) electrons. The monoisotopic (exact) mass is 716 g/mol. The van der Waals surface area contributed by atoms with Gasteiger partial charge in [-0.3, -0.25) is 9.59 Å². The zero-order valence-electron chi connectivity index (χ0n) is 28.3. The number of unbranched alkanes of at least 4 members (excludes halogenated alkanes) is 4. The Morgan fingerprint density at radius 1 is 0.837 bits per heavy atom. The first kappa shape index (κ1) is 38.4. The van der Waals surface area contributed by atoms with Gasteiger partial charge in [0.1, 0.15) is 5.82 Å². The van der Waals surface area contributed by atoms with E-state index < -0.39 is 31.8 Å². The van der Waals surface area contributed by atoms with Crippen LogP contribution in [0.1, 0.15) is 83.7 Å². The molecule has 0 bridgehead atoms. The molecule has 2 heterocycles. The Labute approximate surface area is 290 Å². The quantitative estimate of drug-likeness (QED) is 0.209. The molecular formula is C36H49FN4O6S2. The molecule has 10 nitrogen and oxygen atoms in total. The Balaban J connectivity index is 1.21. The summed E-state index contributed by atoms with van der Waals surface area (Å²) in [5, 5.41) is 1.89. The predicted molar refractivity (Wildman–Crippen MR) is 190 cm³/mol. The summed E-state index contributed by atoms with van der Waals surface area (Å²) < 4.78 is 68.3. The van der Waals surface area contributed by atoms with E-state index in [4.69, 9.17) is 0 Å². The molecule has 2 atom stereocenters. The lowest BCUT2D eigenvalue weighted by Crippen LogP contribution is -2.32. The smallest absolute Gasteiger partial charge is 0.256 e. The van der Waals surface area contributed by atoms with Crippen LogP contribution < -0.4 is 9.44 Å². The standard InChI is InChI=1S/C36H49FN4O6S2/c1-3-5-6-7-8-10-28-12-15-32(16-13-28)35(42)40-20-18-31(26-40)25-39-49(46,47)22-9-11-29-14-17-34(37)33(23-29)36(43)41-21-19-30(27-41)24-38-48(44,45)4-2/h4,9,12-17,22-23,30-31,38-39H,2-3,5-8,10-11,18-21,24-27H2,1H3/b22-9+/t30-,31-/m1/s1. The van der Waals surface area contributed by atoms with Crippen molar-refractivity contribution >= 4 is 31.9 Å². The average Bonchev–Trinajstić information content (AvgIpc) is 3.77. The highest BCUT2D eigenvalue weighted by Gasteiger charge is 2.30. The van der Waals surface area contributed by atoms with Gasteiger partial charge in [0.15, 0.2) is 0 Å². The molecule has 2 fully saturated rings. The second-order valence-electron chi connectivity index (χ2n) is 13.0. The Morgan fingerprint density at radius 3 is 2.06 bits per heavy atom. The van der Waals surface area contributed by atoms with Crippen molar-refractivity contribution in [2.75, 3.05) is 39.3 Å². The number of benzene rings is 2. The third kappa shape index (κ3) is 11.9. The number of nitrogens with zero attached hydrogens (tertiary/aromatic N) is 2. The number of allylic oxidation sites excluding steroid dienone is 1. The minimum absolute atomic E-state index is 0.00690. The number of sulfonamides is 2. The van der Waals surface area contributed by atoms with Gasteiger partial charge in [0.25, 0.3) is 11.8 Å². The lowest BCUT2D eigenvalue weighted by atomic mass is 10.0. The summed E-state index contributed by atoms with van der Waals surface area (Å²) in [7, 11) is -7.33. The molecule has 49 heavy (non-hydrogen) atoms. The fourth-order valence-electron chi connectivity index (χ4n) is 6.22. The lowest BCUT2D eigenvalue weighted by Gasteiger charge is -2.17. The van der Waals surface area contributed by atoms with Gasteiger partial charge in [-0.1, -0.05) is 63.5 Å². The highest BCUT2D eigenvalue weighted by Crippen LogP contribution is 2.22. The van der Waals surface area contributed by atoms with Gasteiger partial charge in [0.05, 0.1) is 5.56 Å². The van der Waals surface area contributed by atoms with E-state index in [2.05, 4.69) is 22.9 Å². The number of hydrogen-bond acceptors (Lipinski definition) is 6. The van der Waals surface area contributed by atoms with Crippen LogP contribution in [0.4, 0.5) is 4.39 Å². The van der Waals surface area contributed by atoms with E-state index in [1.165, 1.54) is 60.4 Å². The summed E-state index contributed by atoms with van der Waals surface area (Å²) in [6, 6.07) is 11.9. The highest BCUT2D eigenvalue weighted by atomic mass is 32.2. The Hall–Kier alpha value is -3.39. The average molecular weight is 717 g/mol. The predicted octanol–water partition coefficient (Wildman–Crippen LogP) is 5.00. The fourth-order valence-corrected chi connectivity index (χ4v) is 7.72. The molecule has 2 amide bonds. The number of rotatable bonds is 18. The van der Waals surface area contributed by atoms with Crippen LogP contribution in [0.5, 0.6) is 0 Å². The molecule has 4 rings (SSSR count). The molecule has 13 heteroatoms. The SMILES string of the molecule is C=CS(=O)(=O)NC[C@H]1CCN(C(=O)c2cc(C/C=C/S(=O)(=O)NC[C@H]3CCN(C(=O)c4ccc(CCCCCCC)cc4)C3)ccc2F)C1. The van der Waals surface area contributed by atoms with Crippen LogP contribution in [-0.2, 0) is 32.9 Å². The number of carbonyl (C=O) groups excluding carboxylic acids is 2. The number of aryl methyl sites for hydroxylation is 1. The van der Waals surface area contributed by atoms with Crippen molar-refractivity contribution in [2.45, 2.75) is 64.7 Å². The van der Waals surface area contributed by atoms with Crippen LogP contribution >= 0.6 is 0 Å². The van der Waals surface area contributed by atoms with Gasteiger partial charge >= 0.3 is 0 Å². The minimum Gasteiger partial charge on any atom is -0.338 e. The maximum absolute atomic E-state index is 14.6. The van der Waals surface area contributed by atoms with Crippen molar-refractivity contribution in [1.82, 2.24) is 19.2 Å². The molecule has 0 spiro atoms.